The number of anilines is 2. The maximum atomic E-state index is 6.03. The first kappa shape index (κ1) is 14.6. The maximum Gasteiger partial charge on any atom is 0.141 e. The lowest BCUT2D eigenvalue weighted by Gasteiger charge is -2.08. The van der Waals surface area contributed by atoms with Crippen molar-refractivity contribution >= 4 is 46.4 Å². The van der Waals surface area contributed by atoms with Crippen LogP contribution in [0.3, 0.4) is 0 Å². The molecule has 3 rings (SSSR count). The van der Waals surface area contributed by atoms with Crippen molar-refractivity contribution in [2.75, 3.05) is 5.32 Å². The van der Waals surface area contributed by atoms with Gasteiger partial charge in [-0.15, -0.1) is 12.4 Å². The minimum absolute atomic E-state index is 0. The van der Waals surface area contributed by atoms with E-state index in [1.807, 2.05) is 30.3 Å². The molecule has 0 atom stereocenters. The first-order valence-electron chi connectivity index (χ1n) is 5.96. The molecule has 0 unspecified atom stereocenters. The zero-order valence-corrected chi connectivity index (χ0v) is 12.4. The number of nitrogens with zero attached hydrogens (tertiary/aromatic N) is 2. The van der Waals surface area contributed by atoms with Gasteiger partial charge in [-0.25, -0.2) is 9.97 Å². The maximum absolute atomic E-state index is 6.03. The van der Waals surface area contributed by atoms with E-state index in [4.69, 9.17) is 11.6 Å². The van der Waals surface area contributed by atoms with Crippen LogP contribution in [0.1, 0.15) is 5.56 Å². The Morgan fingerprint density at radius 3 is 2.50 bits per heavy atom. The Kier molecular flexibility index (Phi) is 4.42. The van der Waals surface area contributed by atoms with Gasteiger partial charge in [0.25, 0.3) is 0 Å². The van der Waals surface area contributed by atoms with E-state index in [1.54, 1.807) is 6.33 Å². The molecule has 0 saturated heterocycles. The summed E-state index contributed by atoms with van der Waals surface area (Å²) in [7, 11) is 0. The van der Waals surface area contributed by atoms with Crippen LogP contribution in [0.2, 0.25) is 5.02 Å². The number of aromatic nitrogens is 2. The summed E-state index contributed by atoms with van der Waals surface area (Å²) in [6.45, 7) is 2.06. The Morgan fingerprint density at radius 1 is 1.00 bits per heavy atom. The fraction of sp³-hybridized carbons (Fsp3) is 0.0667. The van der Waals surface area contributed by atoms with E-state index in [0.29, 0.717) is 5.02 Å². The second-order valence-electron chi connectivity index (χ2n) is 4.37. The van der Waals surface area contributed by atoms with Crippen LogP contribution in [0.25, 0.3) is 10.9 Å². The van der Waals surface area contributed by atoms with Gasteiger partial charge in [-0.05, 0) is 37.3 Å². The highest BCUT2D eigenvalue weighted by molar-refractivity contribution is 6.31. The first-order valence-corrected chi connectivity index (χ1v) is 6.34. The molecule has 1 heterocycles. The minimum atomic E-state index is 0. The van der Waals surface area contributed by atoms with Crippen molar-refractivity contribution in [1.29, 1.82) is 0 Å². The first-order chi connectivity index (χ1) is 9.22. The van der Waals surface area contributed by atoms with Crippen molar-refractivity contribution < 1.29 is 0 Å². The molecule has 2 aromatic carbocycles. The summed E-state index contributed by atoms with van der Waals surface area (Å²) in [5.41, 5.74) is 3.08. The molecule has 3 aromatic rings. The van der Waals surface area contributed by atoms with Crippen LogP contribution in [0.5, 0.6) is 0 Å². The number of hydrogen-bond acceptors (Lipinski definition) is 3. The van der Waals surface area contributed by atoms with Gasteiger partial charge in [0.15, 0.2) is 0 Å². The zero-order valence-electron chi connectivity index (χ0n) is 10.8. The van der Waals surface area contributed by atoms with Crippen LogP contribution >= 0.6 is 24.0 Å². The molecule has 0 aliphatic rings. The second-order valence-corrected chi connectivity index (χ2v) is 4.81. The van der Waals surface area contributed by atoms with Gasteiger partial charge in [0.2, 0.25) is 0 Å². The fourth-order valence-corrected chi connectivity index (χ4v) is 2.07. The minimum Gasteiger partial charge on any atom is -0.340 e. The number of hydrogen-bond donors (Lipinski definition) is 1. The topological polar surface area (TPSA) is 37.8 Å². The quantitative estimate of drug-likeness (QED) is 0.742. The van der Waals surface area contributed by atoms with Crippen molar-refractivity contribution in [3.05, 3.63) is 59.4 Å². The number of halogens is 2. The largest absolute Gasteiger partial charge is 0.340 e. The van der Waals surface area contributed by atoms with E-state index in [1.165, 1.54) is 5.56 Å². The summed E-state index contributed by atoms with van der Waals surface area (Å²) in [5, 5.41) is 4.88. The van der Waals surface area contributed by atoms with E-state index in [0.717, 1.165) is 22.4 Å². The molecule has 0 bridgehead atoms. The van der Waals surface area contributed by atoms with Crippen LogP contribution in [-0.4, -0.2) is 9.97 Å². The van der Waals surface area contributed by atoms with Gasteiger partial charge in [0.1, 0.15) is 12.1 Å². The molecule has 0 aliphatic carbocycles. The van der Waals surface area contributed by atoms with E-state index in [9.17, 15) is 0 Å². The number of fused-ring (bicyclic) bond motifs is 1. The van der Waals surface area contributed by atoms with Crippen LogP contribution < -0.4 is 5.32 Å². The number of benzene rings is 2. The smallest absolute Gasteiger partial charge is 0.141 e. The Bertz CT molecular complexity index is 727. The third-order valence-electron chi connectivity index (χ3n) is 2.91. The van der Waals surface area contributed by atoms with Gasteiger partial charge in [0, 0.05) is 16.1 Å². The molecule has 0 saturated carbocycles. The Hall–Kier alpha value is -1.84. The molecule has 5 heteroatoms. The molecule has 1 aromatic heterocycles. The summed E-state index contributed by atoms with van der Waals surface area (Å²) >= 11 is 6.03. The Balaban J connectivity index is 0.00000147. The van der Waals surface area contributed by atoms with Crippen molar-refractivity contribution in [3.63, 3.8) is 0 Å². The number of aryl methyl sites for hydroxylation is 1. The van der Waals surface area contributed by atoms with Gasteiger partial charge in [-0.1, -0.05) is 29.3 Å². The zero-order chi connectivity index (χ0) is 13.2. The molecular weight excluding hydrogens is 293 g/mol. The summed E-state index contributed by atoms with van der Waals surface area (Å²) in [6.07, 6.45) is 1.55. The van der Waals surface area contributed by atoms with Crippen molar-refractivity contribution in [2.24, 2.45) is 0 Å². The average Bonchev–Trinajstić information content (AvgIpc) is 2.42. The molecule has 102 valence electrons. The van der Waals surface area contributed by atoms with Crippen molar-refractivity contribution in [2.45, 2.75) is 6.92 Å². The highest BCUT2D eigenvalue weighted by Gasteiger charge is 2.04. The lowest BCUT2D eigenvalue weighted by Crippen LogP contribution is -1.95. The van der Waals surface area contributed by atoms with Gasteiger partial charge < -0.3 is 5.32 Å². The molecule has 1 N–H and O–H groups in total. The summed E-state index contributed by atoms with van der Waals surface area (Å²) < 4.78 is 0. The average molecular weight is 306 g/mol. The molecule has 0 spiro atoms. The van der Waals surface area contributed by atoms with Gasteiger partial charge in [0.05, 0.1) is 5.52 Å². The van der Waals surface area contributed by atoms with Crippen LogP contribution in [0.15, 0.2) is 48.8 Å². The highest BCUT2D eigenvalue weighted by Crippen LogP contribution is 2.25. The van der Waals surface area contributed by atoms with Crippen LogP contribution in [0, 0.1) is 6.92 Å². The summed E-state index contributed by atoms with van der Waals surface area (Å²) in [5.74, 6) is 0.761. The van der Waals surface area contributed by atoms with Crippen molar-refractivity contribution in [3.8, 4) is 0 Å². The third-order valence-corrected chi connectivity index (χ3v) is 3.15. The molecule has 0 aliphatic heterocycles. The monoisotopic (exact) mass is 305 g/mol. The predicted molar refractivity (Wildman–Crippen MR) is 86.3 cm³/mol. The van der Waals surface area contributed by atoms with Crippen LogP contribution in [0.4, 0.5) is 11.5 Å². The van der Waals surface area contributed by atoms with Gasteiger partial charge in [-0.2, -0.15) is 0 Å². The molecule has 0 radical (unpaired) electrons. The number of rotatable bonds is 2. The molecule has 3 nitrogen and oxygen atoms in total. The fourth-order valence-electron chi connectivity index (χ4n) is 1.90. The van der Waals surface area contributed by atoms with E-state index in [2.05, 4.69) is 34.3 Å². The second kappa shape index (κ2) is 6.07. The predicted octanol–water partition coefficient (Wildman–Crippen LogP) is 4.76. The lowest BCUT2D eigenvalue weighted by atomic mass is 10.2. The molecule has 0 fully saturated rings. The van der Waals surface area contributed by atoms with E-state index < -0.39 is 0 Å². The molecule has 20 heavy (non-hydrogen) atoms. The Labute approximate surface area is 128 Å². The van der Waals surface area contributed by atoms with E-state index >= 15 is 0 Å². The highest BCUT2D eigenvalue weighted by atomic mass is 35.5. The van der Waals surface area contributed by atoms with Crippen molar-refractivity contribution in [1.82, 2.24) is 9.97 Å². The normalized spacial score (nSPS) is 10.1. The standard InChI is InChI=1S/C15H12ClN3.ClH/c1-10-2-5-12(6-3-10)19-15-13-8-11(16)4-7-14(13)17-9-18-15;/h2-9H,1H3,(H,17,18,19);1H. The Morgan fingerprint density at radius 2 is 1.75 bits per heavy atom. The third kappa shape index (κ3) is 3.00. The van der Waals surface area contributed by atoms with Gasteiger partial charge >= 0.3 is 0 Å². The summed E-state index contributed by atoms with van der Waals surface area (Å²) in [6, 6.07) is 13.7. The lowest BCUT2D eigenvalue weighted by molar-refractivity contribution is 1.22. The van der Waals surface area contributed by atoms with Crippen LogP contribution in [-0.2, 0) is 0 Å². The van der Waals surface area contributed by atoms with E-state index in [-0.39, 0.29) is 12.4 Å². The number of nitrogens with one attached hydrogen (secondary N) is 1. The molecular formula is C15H13Cl2N3. The molecule has 0 amide bonds. The summed E-state index contributed by atoms with van der Waals surface area (Å²) in [4.78, 5) is 8.51. The van der Waals surface area contributed by atoms with Gasteiger partial charge in [-0.3, -0.25) is 0 Å². The SMILES string of the molecule is Cc1ccc(Nc2ncnc3ccc(Cl)cc23)cc1.Cl.